The summed E-state index contributed by atoms with van der Waals surface area (Å²) in [6.45, 7) is 3.13. The van der Waals surface area contributed by atoms with Gasteiger partial charge >= 0.3 is 0 Å². The zero-order valence-corrected chi connectivity index (χ0v) is 21.7. The number of epoxide rings is 1. The number of rotatable bonds is 15. The third-order valence-corrected chi connectivity index (χ3v) is 6.19. The van der Waals surface area contributed by atoms with E-state index in [4.69, 9.17) is 18.7 Å². The summed E-state index contributed by atoms with van der Waals surface area (Å²) in [5, 5.41) is 8.83. The maximum Gasteiger partial charge on any atom is 0.274 e. The van der Waals surface area contributed by atoms with Gasteiger partial charge in [-0.15, -0.1) is 0 Å². The molecule has 206 valence electrons. The van der Waals surface area contributed by atoms with Gasteiger partial charge in [0.25, 0.3) is 5.91 Å². The second-order valence-corrected chi connectivity index (χ2v) is 9.37. The summed E-state index contributed by atoms with van der Waals surface area (Å²) >= 11 is 0. The number of aryl methyl sites for hydroxylation is 1. The van der Waals surface area contributed by atoms with Crippen LogP contribution >= 0.6 is 0 Å². The van der Waals surface area contributed by atoms with E-state index >= 15 is 0 Å². The number of halogens is 1. The maximum atomic E-state index is 14.3. The van der Waals surface area contributed by atoms with E-state index in [2.05, 4.69) is 15.8 Å². The summed E-state index contributed by atoms with van der Waals surface area (Å²) in [4.78, 5) is 52.0. The molecule has 12 heteroatoms. The number of aromatic nitrogens is 1. The Morgan fingerprint density at radius 2 is 1.79 bits per heavy atom. The van der Waals surface area contributed by atoms with Gasteiger partial charge in [-0.3, -0.25) is 19.2 Å². The summed E-state index contributed by atoms with van der Waals surface area (Å²) in [6, 6.07) is 5.21. The third kappa shape index (κ3) is 7.53. The number of nitrogens with one attached hydrogen (secondary N) is 2. The fourth-order valence-corrected chi connectivity index (χ4v) is 3.90. The molecule has 0 unspecified atom stereocenters. The average molecular weight is 534 g/mol. The van der Waals surface area contributed by atoms with Gasteiger partial charge in [-0.2, -0.15) is 0 Å². The van der Waals surface area contributed by atoms with Gasteiger partial charge in [0.15, 0.2) is 17.3 Å². The lowest BCUT2D eigenvalue weighted by atomic mass is 9.93. The molecule has 1 aromatic carbocycles. The Bertz CT molecular complexity index is 1160. The van der Waals surface area contributed by atoms with Crippen molar-refractivity contribution in [2.24, 2.45) is 5.92 Å². The summed E-state index contributed by atoms with van der Waals surface area (Å²) in [7, 11) is 2.73. The Kier molecular flexibility index (Phi) is 9.84. The van der Waals surface area contributed by atoms with Crippen LogP contribution in [0.4, 0.5) is 4.39 Å². The Morgan fingerprint density at radius 1 is 1.11 bits per heavy atom. The monoisotopic (exact) mass is 533 g/mol. The zero-order chi connectivity index (χ0) is 27.9. The Labute approximate surface area is 219 Å². The van der Waals surface area contributed by atoms with Gasteiger partial charge in [-0.05, 0) is 25.5 Å². The van der Waals surface area contributed by atoms with E-state index in [0.717, 1.165) is 0 Å². The van der Waals surface area contributed by atoms with Crippen LogP contribution in [-0.2, 0) is 35.0 Å². The predicted octanol–water partition coefficient (Wildman–Crippen LogP) is 1.17. The molecule has 38 heavy (non-hydrogen) atoms. The van der Waals surface area contributed by atoms with Crippen molar-refractivity contribution in [1.29, 1.82) is 0 Å². The van der Waals surface area contributed by atoms with Crippen molar-refractivity contribution in [3.05, 3.63) is 53.2 Å². The number of nitrogens with zero attached hydrogens (tertiary/aromatic N) is 1. The minimum Gasteiger partial charge on any atom is -0.384 e. The molecule has 0 bridgehead atoms. The third-order valence-electron chi connectivity index (χ3n) is 6.19. The first-order chi connectivity index (χ1) is 18.1. The Hall–Kier alpha value is -3.48. The molecule has 3 rings (SSSR count). The molecule has 1 fully saturated rings. The molecule has 1 aromatic heterocycles. The zero-order valence-electron chi connectivity index (χ0n) is 21.7. The van der Waals surface area contributed by atoms with E-state index in [9.17, 15) is 23.6 Å². The molecular weight excluding hydrogens is 501 g/mol. The summed E-state index contributed by atoms with van der Waals surface area (Å²) < 4.78 is 34.7. The molecule has 11 nitrogen and oxygen atoms in total. The molecule has 2 heterocycles. The number of carbonyl (C=O) groups excluding carboxylic acids is 4. The molecule has 2 aromatic rings. The standard InChI is InChI=1S/C26H32FN3O8/c1-15-9-20(30-38-15)25(34)29-21(13-36-4)22(31)11-17(12-35-3)24(33)28-19(23(32)26(2)14-37-26)10-16-7-5-6-8-18(16)27/h5-9,17,19,21H,10-14H2,1-4H3,(H,28,33)(H,29,34)/t17-,19-,21-,26+/m0/s1. The molecule has 0 saturated carbocycles. The van der Waals surface area contributed by atoms with Crippen LogP contribution in [0.1, 0.15) is 35.2 Å². The van der Waals surface area contributed by atoms with Gasteiger partial charge in [-0.1, -0.05) is 23.4 Å². The highest BCUT2D eigenvalue weighted by Crippen LogP contribution is 2.29. The number of amides is 2. The number of ketones is 2. The van der Waals surface area contributed by atoms with Crippen LogP contribution in [0, 0.1) is 18.7 Å². The first kappa shape index (κ1) is 29.1. The quantitative estimate of drug-likeness (QED) is 0.322. The first-order valence-electron chi connectivity index (χ1n) is 12.0. The van der Waals surface area contributed by atoms with Crippen LogP contribution in [-0.4, -0.2) is 80.3 Å². The van der Waals surface area contributed by atoms with Crippen LogP contribution in [0.25, 0.3) is 0 Å². The Morgan fingerprint density at radius 3 is 2.37 bits per heavy atom. The van der Waals surface area contributed by atoms with E-state index in [1.54, 1.807) is 19.9 Å². The molecule has 2 amide bonds. The van der Waals surface area contributed by atoms with Crippen molar-refractivity contribution >= 4 is 23.4 Å². The number of Topliss-reactive ketones (excluding diaryl/α,β-unsaturated/α-hetero) is 2. The fourth-order valence-electron chi connectivity index (χ4n) is 3.90. The lowest BCUT2D eigenvalue weighted by Gasteiger charge is -2.24. The number of hydrogen-bond acceptors (Lipinski definition) is 9. The van der Waals surface area contributed by atoms with Crippen molar-refractivity contribution in [1.82, 2.24) is 15.8 Å². The SMILES string of the molecule is COC[C@H](CC(=O)[C@H](COC)NC(=O)c1cc(C)on1)C(=O)N[C@@H](Cc1ccccc1F)C(=O)[C@@]1(C)CO1. The van der Waals surface area contributed by atoms with Crippen molar-refractivity contribution < 1.29 is 42.3 Å². The van der Waals surface area contributed by atoms with Gasteiger partial charge < -0.3 is 29.4 Å². The van der Waals surface area contributed by atoms with Gasteiger partial charge in [0.05, 0.1) is 31.8 Å². The normalized spacial score (nSPS) is 18.8. The van der Waals surface area contributed by atoms with Gasteiger partial charge in [-0.25, -0.2) is 4.39 Å². The second-order valence-electron chi connectivity index (χ2n) is 9.37. The molecule has 0 radical (unpaired) electrons. The molecular formula is C26H32FN3O8. The number of hydrogen-bond donors (Lipinski definition) is 2. The molecule has 0 aliphatic carbocycles. The minimum atomic E-state index is -1.09. The van der Waals surface area contributed by atoms with Crippen molar-refractivity contribution in [2.45, 2.75) is 44.4 Å². The molecule has 4 atom stereocenters. The second kappa shape index (κ2) is 12.9. The largest absolute Gasteiger partial charge is 0.384 e. The molecule has 2 N–H and O–H groups in total. The summed E-state index contributed by atoms with van der Waals surface area (Å²) in [5.41, 5.74) is -0.822. The van der Waals surface area contributed by atoms with Gasteiger partial charge in [0.1, 0.15) is 23.2 Å². The highest BCUT2D eigenvalue weighted by molar-refractivity contribution is 5.99. The lowest BCUT2D eigenvalue weighted by Crippen LogP contribution is -2.51. The van der Waals surface area contributed by atoms with Crippen LogP contribution in [0.5, 0.6) is 0 Å². The molecule has 1 aliphatic rings. The van der Waals surface area contributed by atoms with Crippen LogP contribution < -0.4 is 10.6 Å². The van der Waals surface area contributed by atoms with E-state index in [-0.39, 0.29) is 43.9 Å². The van der Waals surface area contributed by atoms with Crippen molar-refractivity contribution in [2.75, 3.05) is 34.0 Å². The van der Waals surface area contributed by atoms with Crippen LogP contribution in [0.15, 0.2) is 34.9 Å². The van der Waals surface area contributed by atoms with Gasteiger partial charge in [0, 0.05) is 33.1 Å². The van der Waals surface area contributed by atoms with E-state index in [1.165, 1.54) is 38.5 Å². The van der Waals surface area contributed by atoms with E-state index < -0.39 is 52.8 Å². The van der Waals surface area contributed by atoms with E-state index in [1.807, 2.05) is 0 Å². The molecule has 1 saturated heterocycles. The highest BCUT2D eigenvalue weighted by atomic mass is 19.1. The van der Waals surface area contributed by atoms with Gasteiger partial charge in [0.2, 0.25) is 5.91 Å². The predicted molar refractivity (Wildman–Crippen MR) is 131 cm³/mol. The average Bonchev–Trinajstić information content (AvgIpc) is 3.49. The molecule has 0 spiro atoms. The first-order valence-corrected chi connectivity index (χ1v) is 12.0. The summed E-state index contributed by atoms with van der Waals surface area (Å²) in [5.74, 6) is -3.25. The Balaban J connectivity index is 1.72. The van der Waals surface area contributed by atoms with Crippen molar-refractivity contribution in [3.8, 4) is 0 Å². The number of methoxy groups -OCH3 is 2. The number of benzene rings is 1. The minimum absolute atomic E-state index is 0.00660. The topological polar surface area (TPSA) is 149 Å². The number of carbonyl (C=O) groups is 4. The van der Waals surface area contributed by atoms with Crippen LogP contribution in [0.3, 0.4) is 0 Å². The molecule has 1 aliphatic heterocycles. The maximum absolute atomic E-state index is 14.3. The van der Waals surface area contributed by atoms with Crippen molar-refractivity contribution in [3.63, 3.8) is 0 Å². The smallest absolute Gasteiger partial charge is 0.274 e. The number of ether oxygens (including phenoxy) is 3. The lowest BCUT2D eigenvalue weighted by molar-refractivity contribution is -0.135. The summed E-state index contributed by atoms with van der Waals surface area (Å²) in [6.07, 6.45) is -0.413. The fraction of sp³-hybridized carbons (Fsp3) is 0.500. The van der Waals surface area contributed by atoms with Crippen LogP contribution in [0.2, 0.25) is 0 Å². The van der Waals surface area contributed by atoms with E-state index in [0.29, 0.717) is 5.76 Å². The highest BCUT2D eigenvalue weighted by Gasteiger charge is 2.50.